The monoisotopic (exact) mass is 469 g/mol. The van der Waals surface area contributed by atoms with Gasteiger partial charge in [0.05, 0.1) is 14.2 Å². The summed E-state index contributed by atoms with van der Waals surface area (Å²) >= 11 is 0. The number of rotatable bonds is 5. The van der Waals surface area contributed by atoms with Gasteiger partial charge in [0.1, 0.15) is 17.2 Å². The second kappa shape index (κ2) is 11.2. The zero-order chi connectivity index (χ0) is 24.6. The largest absolute Gasteiger partial charge is 0.497 e. The number of ether oxygens (including phenoxy) is 2. The highest BCUT2D eigenvalue weighted by Gasteiger charge is 2.28. The molecule has 1 saturated heterocycles. The topological polar surface area (TPSA) is 80.8 Å². The molecule has 1 aliphatic rings. The first-order valence-corrected chi connectivity index (χ1v) is 11.4. The van der Waals surface area contributed by atoms with Crippen LogP contribution in [0.4, 0.5) is 5.69 Å². The molecule has 1 fully saturated rings. The SMILES string of the molecule is COc1cc(OC)cc(C(=O)N2CCC(C(=O)Nc3cccc(C#Cc4ccccn4)c3)CC2)c1. The average Bonchev–Trinajstić information content (AvgIpc) is 2.92. The molecule has 1 aliphatic heterocycles. The van der Waals surface area contributed by atoms with Crippen LogP contribution in [0.5, 0.6) is 11.5 Å². The Morgan fingerprint density at radius 2 is 1.69 bits per heavy atom. The van der Waals surface area contributed by atoms with Gasteiger partial charge in [-0.3, -0.25) is 9.59 Å². The number of aromatic nitrogens is 1. The first-order valence-electron chi connectivity index (χ1n) is 11.4. The van der Waals surface area contributed by atoms with E-state index in [4.69, 9.17) is 9.47 Å². The summed E-state index contributed by atoms with van der Waals surface area (Å²) in [5, 5.41) is 3.00. The Labute approximate surface area is 205 Å². The van der Waals surface area contributed by atoms with Crippen LogP contribution < -0.4 is 14.8 Å². The molecule has 7 nitrogen and oxygen atoms in total. The first kappa shape index (κ1) is 23.8. The zero-order valence-electron chi connectivity index (χ0n) is 19.8. The number of carbonyl (C=O) groups is 2. The van der Waals surface area contributed by atoms with Crippen molar-refractivity contribution in [3.8, 4) is 23.3 Å². The lowest BCUT2D eigenvalue weighted by Gasteiger charge is -2.31. The summed E-state index contributed by atoms with van der Waals surface area (Å²) in [5.74, 6) is 6.92. The molecule has 2 aromatic carbocycles. The molecule has 0 unspecified atom stereocenters. The average molecular weight is 470 g/mol. The number of amides is 2. The van der Waals surface area contributed by atoms with Gasteiger partial charge in [0.2, 0.25) is 5.91 Å². The van der Waals surface area contributed by atoms with E-state index in [1.165, 1.54) is 0 Å². The van der Waals surface area contributed by atoms with Crippen LogP contribution in [0.3, 0.4) is 0 Å². The third kappa shape index (κ3) is 6.18. The second-order valence-electron chi connectivity index (χ2n) is 8.20. The molecule has 4 rings (SSSR count). The van der Waals surface area contributed by atoms with Crippen molar-refractivity contribution in [1.29, 1.82) is 0 Å². The van der Waals surface area contributed by atoms with E-state index in [1.807, 2.05) is 42.5 Å². The quantitative estimate of drug-likeness (QED) is 0.572. The smallest absolute Gasteiger partial charge is 0.254 e. The summed E-state index contributed by atoms with van der Waals surface area (Å²) < 4.78 is 10.5. The molecule has 7 heteroatoms. The number of nitrogens with zero attached hydrogens (tertiary/aromatic N) is 2. The van der Waals surface area contributed by atoms with Crippen molar-refractivity contribution < 1.29 is 19.1 Å². The maximum atomic E-state index is 13.0. The Balaban J connectivity index is 1.34. The van der Waals surface area contributed by atoms with Gasteiger partial charge in [-0.15, -0.1) is 0 Å². The number of likely N-dealkylation sites (tertiary alicyclic amines) is 1. The van der Waals surface area contributed by atoms with Gasteiger partial charge < -0.3 is 19.7 Å². The Morgan fingerprint density at radius 1 is 0.943 bits per heavy atom. The molecule has 2 amide bonds. The highest BCUT2D eigenvalue weighted by Crippen LogP contribution is 2.26. The fourth-order valence-corrected chi connectivity index (χ4v) is 3.95. The number of benzene rings is 2. The minimum Gasteiger partial charge on any atom is -0.497 e. The van der Waals surface area contributed by atoms with Crippen LogP contribution in [-0.2, 0) is 4.79 Å². The van der Waals surface area contributed by atoms with E-state index in [2.05, 4.69) is 22.1 Å². The molecule has 178 valence electrons. The van der Waals surface area contributed by atoms with Crippen molar-refractivity contribution in [3.63, 3.8) is 0 Å². The normalized spacial score (nSPS) is 13.4. The van der Waals surface area contributed by atoms with E-state index in [0.717, 1.165) is 5.56 Å². The Morgan fingerprint density at radius 3 is 2.34 bits per heavy atom. The van der Waals surface area contributed by atoms with Crippen LogP contribution in [-0.4, -0.2) is 49.0 Å². The number of pyridine rings is 1. The number of nitrogens with one attached hydrogen (secondary N) is 1. The lowest BCUT2D eigenvalue weighted by Crippen LogP contribution is -2.41. The highest BCUT2D eigenvalue weighted by molar-refractivity contribution is 5.96. The molecule has 2 heterocycles. The van der Waals surface area contributed by atoms with Gasteiger partial charge >= 0.3 is 0 Å². The van der Waals surface area contributed by atoms with Crippen LogP contribution in [0.1, 0.15) is 34.5 Å². The van der Waals surface area contributed by atoms with Crippen molar-refractivity contribution in [2.24, 2.45) is 5.92 Å². The molecular formula is C28H27N3O4. The standard InChI is InChI=1S/C28H27N3O4/c1-34-25-17-22(18-26(19-25)35-2)28(33)31-14-11-21(12-15-31)27(32)30-24-8-5-6-20(16-24)9-10-23-7-3-4-13-29-23/h3-8,13,16-19,21H,11-12,14-15H2,1-2H3,(H,30,32). The zero-order valence-corrected chi connectivity index (χ0v) is 19.8. The van der Waals surface area contributed by atoms with Gasteiger partial charge in [0.25, 0.3) is 5.91 Å². The molecule has 0 aliphatic carbocycles. The van der Waals surface area contributed by atoms with Crippen LogP contribution in [0, 0.1) is 17.8 Å². The predicted molar refractivity (Wildman–Crippen MR) is 133 cm³/mol. The number of hydrogen-bond donors (Lipinski definition) is 1. The van der Waals surface area contributed by atoms with E-state index < -0.39 is 0 Å². The van der Waals surface area contributed by atoms with E-state index in [0.29, 0.717) is 54.4 Å². The van der Waals surface area contributed by atoms with E-state index >= 15 is 0 Å². The minimum absolute atomic E-state index is 0.0463. The lowest BCUT2D eigenvalue weighted by atomic mass is 9.95. The number of methoxy groups -OCH3 is 2. The second-order valence-corrected chi connectivity index (χ2v) is 8.20. The fraction of sp³-hybridized carbons (Fsp3) is 0.250. The molecule has 1 aromatic heterocycles. The van der Waals surface area contributed by atoms with Crippen LogP contribution in [0.2, 0.25) is 0 Å². The summed E-state index contributed by atoms with van der Waals surface area (Å²) in [6.45, 7) is 1.01. The molecule has 3 aromatic rings. The van der Waals surface area contributed by atoms with Gasteiger partial charge in [-0.2, -0.15) is 0 Å². The number of piperidine rings is 1. The van der Waals surface area contributed by atoms with Crippen molar-refractivity contribution in [1.82, 2.24) is 9.88 Å². The third-order valence-electron chi connectivity index (χ3n) is 5.88. The van der Waals surface area contributed by atoms with Crippen molar-refractivity contribution in [3.05, 3.63) is 83.7 Å². The fourth-order valence-electron chi connectivity index (χ4n) is 3.95. The summed E-state index contributed by atoms with van der Waals surface area (Å²) in [6.07, 6.45) is 2.89. The summed E-state index contributed by atoms with van der Waals surface area (Å²) in [6, 6.07) is 18.2. The van der Waals surface area contributed by atoms with E-state index in [-0.39, 0.29) is 17.7 Å². The van der Waals surface area contributed by atoms with Crippen LogP contribution in [0.25, 0.3) is 0 Å². The molecule has 0 atom stereocenters. The van der Waals surface area contributed by atoms with E-state index in [9.17, 15) is 9.59 Å². The van der Waals surface area contributed by atoms with Crippen molar-refractivity contribution in [2.75, 3.05) is 32.6 Å². The number of anilines is 1. The van der Waals surface area contributed by atoms with Crippen molar-refractivity contribution >= 4 is 17.5 Å². The van der Waals surface area contributed by atoms with Gasteiger partial charge in [-0.05, 0) is 61.2 Å². The summed E-state index contributed by atoms with van der Waals surface area (Å²) in [4.78, 5) is 31.8. The maximum Gasteiger partial charge on any atom is 0.254 e. The van der Waals surface area contributed by atoms with Crippen LogP contribution in [0.15, 0.2) is 66.9 Å². The third-order valence-corrected chi connectivity index (χ3v) is 5.88. The summed E-state index contributed by atoms with van der Waals surface area (Å²) in [7, 11) is 3.10. The van der Waals surface area contributed by atoms with Crippen molar-refractivity contribution in [2.45, 2.75) is 12.8 Å². The molecule has 35 heavy (non-hydrogen) atoms. The Bertz CT molecular complexity index is 1230. The summed E-state index contributed by atoms with van der Waals surface area (Å²) in [5.41, 5.74) is 2.69. The van der Waals surface area contributed by atoms with Gasteiger partial charge in [-0.1, -0.05) is 18.1 Å². The maximum absolute atomic E-state index is 13.0. The van der Waals surface area contributed by atoms with Gasteiger partial charge in [0.15, 0.2) is 0 Å². The molecular weight excluding hydrogens is 442 g/mol. The van der Waals surface area contributed by atoms with E-state index in [1.54, 1.807) is 43.5 Å². The molecule has 0 spiro atoms. The molecule has 1 N–H and O–H groups in total. The highest BCUT2D eigenvalue weighted by atomic mass is 16.5. The predicted octanol–water partition coefficient (Wildman–Crippen LogP) is 3.99. The lowest BCUT2D eigenvalue weighted by molar-refractivity contribution is -0.121. The number of hydrogen-bond acceptors (Lipinski definition) is 5. The molecule has 0 saturated carbocycles. The van der Waals surface area contributed by atoms with Crippen LogP contribution >= 0.6 is 0 Å². The Kier molecular flexibility index (Phi) is 7.63. The Hall–Kier alpha value is -4.31. The molecule has 0 bridgehead atoms. The van der Waals surface area contributed by atoms with Gasteiger partial charge in [0, 0.05) is 48.1 Å². The molecule has 0 radical (unpaired) electrons. The minimum atomic E-state index is -0.165. The first-order chi connectivity index (χ1) is 17.1. The van der Waals surface area contributed by atoms with Gasteiger partial charge in [-0.25, -0.2) is 4.98 Å². The number of carbonyl (C=O) groups excluding carboxylic acids is 2.